The molecule has 6 aromatic carbocycles. The minimum atomic E-state index is -0.0978. The van der Waals surface area contributed by atoms with Crippen molar-refractivity contribution >= 4 is 17.1 Å². The molecule has 0 amide bonds. The number of hydrogen-bond acceptors (Lipinski definition) is 1. The summed E-state index contributed by atoms with van der Waals surface area (Å²) in [6.45, 7) is 30.8. The quantitative estimate of drug-likeness (QED) is 0.175. The minimum Gasteiger partial charge on any atom is -0.310 e. The maximum atomic E-state index is 2.52. The summed E-state index contributed by atoms with van der Waals surface area (Å²) >= 11 is 0. The molecule has 0 unspecified atom stereocenters. The molecule has 8 rings (SSSR count). The third-order valence-corrected chi connectivity index (χ3v) is 12.6. The van der Waals surface area contributed by atoms with E-state index in [9.17, 15) is 0 Å². The van der Waals surface area contributed by atoms with E-state index in [1.54, 1.807) is 0 Å². The van der Waals surface area contributed by atoms with Crippen molar-refractivity contribution in [2.24, 2.45) is 0 Å². The van der Waals surface area contributed by atoms with Crippen LogP contribution in [0.4, 0.5) is 17.1 Å². The molecule has 1 nitrogen and oxygen atoms in total. The Balaban J connectivity index is 1.33. The second kappa shape index (κ2) is 12.3. The summed E-state index contributed by atoms with van der Waals surface area (Å²) < 4.78 is 0. The Kier molecular flexibility index (Phi) is 8.30. The first-order valence-corrected chi connectivity index (χ1v) is 20.3. The molecule has 1 heteroatoms. The molecule has 2 aliphatic carbocycles. The van der Waals surface area contributed by atoms with E-state index < -0.39 is 0 Å². The zero-order valence-corrected chi connectivity index (χ0v) is 35.5. The standard InChI is InChI=1S/C54H59N/c1-50(2,3)45-31-35(32-46(51(4,5)6)49(45)52(7,8)9)34-25-27-36(28-26-34)55(37-29-30-39-38-19-14-16-21-41(38)54(12,13)44(39)33-37)47-24-18-23-43-48(47)40-20-15-17-22-42(40)53(43,10)11/h14-33H,1-13H3. The number of fused-ring (bicyclic) bond motifs is 6. The summed E-state index contributed by atoms with van der Waals surface area (Å²) in [4.78, 5) is 2.52. The SMILES string of the molecule is CC(C)(C)c1cc(-c2ccc(N(c3ccc4c(c3)C(C)(C)c3ccccc3-4)c3cccc4c3-c3ccccc3C4(C)C)cc2)cc(C(C)(C)C)c1C(C)(C)C. The third-order valence-electron chi connectivity index (χ3n) is 12.6. The molecule has 0 heterocycles. The van der Waals surface area contributed by atoms with Crippen LogP contribution in [0.1, 0.15) is 129 Å². The largest absolute Gasteiger partial charge is 0.310 e. The monoisotopic (exact) mass is 721 g/mol. The second-order valence-corrected chi connectivity index (χ2v) is 20.3. The molecule has 0 spiro atoms. The predicted octanol–water partition coefficient (Wildman–Crippen LogP) is 15.3. The van der Waals surface area contributed by atoms with Crippen LogP contribution in [0.25, 0.3) is 33.4 Å². The van der Waals surface area contributed by atoms with E-state index in [1.165, 1.54) is 83.7 Å². The van der Waals surface area contributed by atoms with Crippen molar-refractivity contribution in [3.63, 3.8) is 0 Å². The smallest absolute Gasteiger partial charge is 0.0543 e. The van der Waals surface area contributed by atoms with Gasteiger partial charge in [-0.05, 0) is 113 Å². The summed E-state index contributed by atoms with van der Waals surface area (Å²) in [6, 6.07) is 46.4. The summed E-state index contributed by atoms with van der Waals surface area (Å²) in [5.74, 6) is 0. The maximum absolute atomic E-state index is 2.52. The van der Waals surface area contributed by atoms with E-state index in [1.807, 2.05) is 0 Å². The summed E-state index contributed by atoms with van der Waals surface area (Å²) in [7, 11) is 0. The fourth-order valence-corrected chi connectivity index (χ4v) is 9.78. The van der Waals surface area contributed by atoms with E-state index in [0.717, 1.165) is 5.69 Å². The molecular weight excluding hydrogens is 663 g/mol. The van der Waals surface area contributed by atoms with Crippen molar-refractivity contribution in [2.45, 2.75) is 117 Å². The van der Waals surface area contributed by atoms with Crippen LogP contribution < -0.4 is 4.90 Å². The van der Waals surface area contributed by atoms with Crippen LogP contribution in [0, 0.1) is 0 Å². The molecule has 280 valence electrons. The topological polar surface area (TPSA) is 3.24 Å². The Hall–Kier alpha value is -4.88. The highest BCUT2D eigenvalue weighted by atomic mass is 15.1. The van der Waals surface area contributed by atoms with Gasteiger partial charge in [-0.3, -0.25) is 0 Å². The first-order chi connectivity index (χ1) is 25.7. The van der Waals surface area contributed by atoms with Gasteiger partial charge in [-0.15, -0.1) is 0 Å². The highest BCUT2D eigenvalue weighted by Crippen LogP contribution is 2.56. The van der Waals surface area contributed by atoms with Crippen molar-refractivity contribution in [1.82, 2.24) is 0 Å². The van der Waals surface area contributed by atoms with E-state index in [0.29, 0.717) is 0 Å². The van der Waals surface area contributed by atoms with Crippen LogP contribution in [-0.2, 0) is 27.1 Å². The highest BCUT2D eigenvalue weighted by Gasteiger charge is 2.39. The van der Waals surface area contributed by atoms with Crippen LogP contribution in [0.3, 0.4) is 0 Å². The first-order valence-electron chi connectivity index (χ1n) is 20.3. The second-order valence-electron chi connectivity index (χ2n) is 20.3. The molecule has 2 aliphatic rings. The van der Waals surface area contributed by atoms with Crippen molar-refractivity contribution in [2.75, 3.05) is 4.90 Å². The summed E-state index contributed by atoms with van der Waals surface area (Å²) in [6.07, 6.45) is 0. The van der Waals surface area contributed by atoms with Gasteiger partial charge in [-0.25, -0.2) is 0 Å². The normalized spacial score (nSPS) is 15.3. The molecule has 0 radical (unpaired) electrons. The molecule has 55 heavy (non-hydrogen) atoms. The van der Waals surface area contributed by atoms with Crippen molar-refractivity contribution < 1.29 is 0 Å². The molecule has 0 aromatic heterocycles. The van der Waals surface area contributed by atoms with Crippen LogP contribution in [0.5, 0.6) is 0 Å². The lowest BCUT2D eigenvalue weighted by atomic mass is 9.68. The molecule has 6 aromatic rings. The molecule has 0 saturated heterocycles. The lowest BCUT2D eigenvalue weighted by molar-refractivity contribution is 0.498. The Morgan fingerprint density at radius 1 is 0.400 bits per heavy atom. The Morgan fingerprint density at radius 3 is 1.47 bits per heavy atom. The predicted molar refractivity (Wildman–Crippen MR) is 238 cm³/mol. The van der Waals surface area contributed by atoms with Crippen LogP contribution in [-0.4, -0.2) is 0 Å². The van der Waals surface area contributed by atoms with Crippen molar-refractivity contribution in [3.8, 4) is 33.4 Å². The number of nitrogens with zero attached hydrogens (tertiary/aromatic N) is 1. The van der Waals surface area contributed by atoms with Crippen LogP contribution in [0.2, 0.25) is 0 Å². The average molecular weight is 722 g/mol. The van der Waals surface area contributed by atoms with Gasteiger partial charge in [0.05, 0.1) is 5.69 Å². The molecule has 0 N–H and O–H groups in total. The number of benzene rings is 6. The highest BCUT2D eigenvalue weighted by molar-refractivity contribution is 5.96. The van der Waals surface area contributed by atoms with Crippen LogP contribution in [0.15, 0.2) is 121 Å². The molecule has 0 bridgehead atoms. The minimum absolute atomic E-state index is 0.00806. The van der Waals surface area contributed by atoms with E-state index >= 15 is 0 Å². The van der Waals surface area contributed by atoms with Gasteiger partial charge in [0.15, 0.2) is 0 Å². The molecule has 0 aliphatic heterocycles. The van der Waals surface area contributed by atoms with Crippen LogP contribution >= 0.6 is 0 Å². The number of anilines is 3. The molecular formula is C54H59N. The maximum Gasteiger partial charge on any atom is 0.0543 e. The van der Waals surface area contributed by atoms with Gasteiger partial charge < -0.3 is 4.90 Å². The third kappa shape index (κ3) is 5.89. The average Bonchev–Trinajstić information content (AvgIpc) is 3.50. The Bertz CT molecular complexity index is 2430. The van der Waals surface area contributed by atoms with E-state index in [4.69, 9.17) is 0 Å². The summed E-state index contributed by atoms with van der Waals surface area (Å²) in [5.41, 5.74) is 21.2. The fourth-order valence-electron chi connectivity index (χ4n) is 9.78. The Morgan fingerprint density at radius 2 is 0.891 bits per heavy atom. The summed E-state index contributed by atoms with van der Waals surface area (Å²) in [5, 5.41) is 0. The number of rotatable bonds is 4. The van der Waals surface area contributed by atoms with Gasteiger partial charge in [0.1, 0.15) is 0 Å². The molecule has 0 saturated carbocycles. The van der Waals surface area contributed by atoms with E-state index in [-0.39, 0.29) is 27.1 Å². The van der Waals surface area contributed by atoms with Crippen molar-refractivity contribution in [3.05, 3.63) is 160 Å². The first kappa shape index (κ1) is 37.1. The van der Waals surface area contributed by atoms with Gasteiger partial charge in [-0.2, -0.15) is 0 Å². The van der Waals surface area contributed by atoms with Gasteiger partial charge >= 0.3 is 0 Å². The Labute approximate surface area is 331 Å². The number of hydrogen-bond donors (Lipinski definition) is 0. The lowest BCUT2D eigenvalue weighted by Gasteiger charge is -2.37. The zero-order chi connectivity index (χ0) is 39.5. The zero-order valence-electron chi connectivity index (χ0n) is 35.5. The van der Waals surface area contributed by atoms with Gasteiger partial charge in [0.25, 0.3) is 0 Å². The van der Waals surface area contributed by atoms with Crippen molar-refractivity contribution in [1.29, 1.82) is 0 Å². The van der Waals surface area contributed by atoms with Gasteiger partial charge in [0.2, 0.25) is 0 Å². The molecule has 0 atom stereocenters. The molecule has 0 fully saturated rings. The van der Waals surface area contributed by atoms with Gasteiger partial charge in [0, 0.05) is 27.8 Å². The fraction of sp³-hybridized carbons (Fsp3) is 0.333. The lowest BCUT2D eigenvalue weighted by Crippen LogP contribution is -2.28. The van der Waals surface area contributed by atoms with E-state index in [2.05, 4.69) is 216 Å². The van der Waals surface area contributed by atoms with Gasteiger partial charge in [-0.1, -0.05) is 181 Å².